The zero-order valence-corrected chi connectivity index (χ0v) is 6.88. The normalized spacial score (nSPS) is 29.0. The lowest BCUT2D eigenvalue weighted by atomic mass is 10.0. The van der Waals surface area contributed by atoms with Crippen LogP contribution in [0.5, 0.6) is 0 Å². The van der Waals surface area contributed by atoms with Crippen molar-refractivity contribution in [2.45, 2.75) is 26.2 Å². The minimum Gasteiger partial charge on any atom is -0.262 e. The van der Waals surface area contributed by atoms with E-state index >= 15 is 0 Å². The summed E-state index contributed by atoms with van der Waals surface area (Å²) in [5.74, 6) is 0.705. The number of hydrogen-bond acceptors (Lipinski definition) is 1. The smallest absolute Gasteiger partial charge is 0.0372 e. The zero-order chi connectivity index (χ0) is 7.68. The van der Waals surface area contributed by atoms with Gasteiger partial charge in [0.1, 0.15) is 0 Å². The predicted molar refractivity (Wildman–Crippen MR) is 47.7 cm³/mol. The maximum atomic E-state index is 4.27. The van der Waals surface area contributed by atoms with Gasteiger partial charge in [0, 0.05) is 11.9 Å². The molecule has 0 aromatic heterocycles. The molecule has 1 aliphatic heterocycles. The highest BCUT2D eigenvalue weighted by Crippen LogP contribution is 2.32. The van der Waals surface area contributed by atoms with Crippen molar-refractivity contribution in [3.05, 3.63) is 23.9 Å². The Morgan fingerprint density at radius 1 is 1.55 bits per heavy atom. The van der Waals surface area contributed by atoms with Crippen LogP contribution < -0.4 is 0 Å². The predicted octanol–water partition coefficient (Wildman–Crippen LogP) is 2.70. The van der Waals surface area contributed by atoms with Crippen LogP contribution in [0.1, 0.15) is 26.2 Å². The van der Waals surface area contributed by atoms with E-state index in [0.717, 1.165) is 5.71 Å². The first kappa shape index (κ1) is 6.84. The van der Waals surface area contributed by atoms with Crippen molar-refractivity contribution >= 4 is 5.71 Å². The van der Waals surface area contributed by atoms with Crippen molar-refractivity contribution in [2.75, 3.05) is 0 Å². The molecule has 2 rings (SSSR count). The highest BCUT2D eigenvalue weighted by Gasteiger charge is 2.18. The van der Waals surface area contributed by atoms with Gasteiger partial charge in [-0.25, -0.2) is 0 Å². The van der Waals surface area contributed by atoms with E-state index in [1.54, 1.807) is 5.57 Å². The van der Waals surface area contributed by atoms with Crippen LogP contribution in [-0.2, 0) is 0 Å². The fraction of sp³-hybridized carbons (Fsp3) is 0.500. The quantitative estimate of drug-likeness (QED) is 0.499. The van der Waals surface area contributed by atoms with Crippen LogP contribution in [0.2, 0.25) is 0 Å². The van der Waals surface area contributed by atoms with Gasteiger partial charge in [-0.1, -0.05) is 11.6 Å². The Bertz CT molecular complexity index is 246. The topological polar surface area (TPSA) is 12.4 Å². The average molecular weight is 147 g/mol. The van der Waals surface area contributed by atoms with Crippen molar-refractivity contribution in [1.29, 1.82) is 0 Å². The molecular weight excluding hydrogens is 134 g/mol. The van der Waals surface area contributed by atoms with E-state index in [9.17, 15) is 0 Å². The van der Waals surface area contributed by atoms with Gasteiger partial charge in [0.25, 0.3) is 0 Å². The molecule has 1 atom stereocenters. The fourth-order valence-corrected chi connectivity index (χ4v) is 1.87. The van der Waals surface area contributed by atoms with E-state index in [0.29, 0.717) is 5.92 Å². The van der Waals surface area contributed by atoms with Gasteiger partial charge in [0.2, 0.25) is 0 Å². The zero-order valence-electron chi connectivity index (χ0n) is 6.88. The van der Waals surface area contributed by atoms with Gasteiger partial charge in [-0.2, -0.15) is 0 Å². The molecule has 58 valence electrons. The lowest BCUT2D eigenvalue weighted by Crippen LogP contribution is -1.91. The maximum Gasteiger partial charge on any atom is 0.0372 e. The molecule has 0 saturated heterocycles. The minimum atomic E-state index is 0.705. The molecule has 0 radical (unpaired) electrons. The molecule has 1 heteroatoms. The first-order chi connectivity index (χ1) is 5.36. The Morgan fingerprint density at radius 3 is 3.36 bits per heavy atom. The van der Waals surface area contributed by atoms with E-state index in [-0.39, 0.29) is 0 Å². The van der Waals surface area contributed by atoms with Gasteiger partial charge in [0.15, 0.2) is 0 Å². The Morgan fingerprint density at radius 2 is 2.45 bits per heavy atom. The molecule has 0 N–H and O–H groups in total. The summed E-state index contributed by atoms with van der Waals surface area (Å²) < 4.78 is 0. The molecule has 1 nitrogen and oxygen atoms in total. The number of nitrogens with zero attached hydrogens (tertiary/aromatic N) is 1. The molecular formula is C10H13N. The van der Waals surface area contributed by atoms with Crippen LogP contribution in [0, 0.1) is 5.92 Å². The van der Waals surface area contributed by atoms with Crippen LogP contribution in [-0.4, -0.2) is 5.71 Å². The number of rotatable bonds is 0. The third kappa shape index (κ3) is 1.28. The van der Waals surface area contributed by atoms with Crippen molar-refractivity contribution < 1.29 is 0 Å². The Balaban J connectivity index is 2.33. The second kappa shape index (κ2) is 2.65. The van der Waals surface area contributed by atoms with E-state index < -0.39 is 0 Å². The number of aliphatic imine (C=N–C) groups is 1. The minimum absolute atomic E-state index is 0.705. The second-order valence-corrected chi connectivity index (χ2v) is 3.33. The van der Waals surface area contributed by atoms with Crippen LogP contribution in [0.3, 0.4) is 0 Å². The first-order valence-corrected chi connectivity index (χ1v) is 4.28. The van der Waals surface area contributed by atoms with Crippen molar-refractivity contribution in [3.8, 4) is 0 Å². The van der Waals surface area contributed by atoms with E-state index in [4.69, 9.17) is 0 Å². The third-order valence-electron chi connectivity index (χ3n) is 2.45. The van der Waals surface area contributed by atoms with E-state index in [1.807, 2.05) is 6.20 Å². The van der Waals surface area contributed by atoms with Crippen molar-refractivity contribution in [2.24, 2.45) is 10.9 Å². The molecule has 1 unspecified atom stereocenters. The van der Waals surface area contributed by atoms with Crippen LogP contribution >= 0.6 is 0 Å². The molecule has 0 spiro atoms. The van der Waals surface area contributed by atoms with Gasteiger partial charge in [-0.05, 0) is 38.2 Å². The first-order valence-electron chi connectivity index (χ1n) is 4.28. The molecule has 1 aliphatic carbocycles. The van der Waals surface area contributed by atoms with Crippen molar-refractivity contribution in [1.82, 2.24) is 0 Å². The molecule has 0 amide bonds. The monoisotopic (exact) mass is 147 g/mol. The van der Waals surface area contributed by atoms with E-state index in [2.05, 4.69) is 24.1 Å². The van der Waals surface area contributed by atoms with Gasteiger partial charge < -0.3 is 0 Å². The molecule has 0 bridgehead atoms. The summed E-state index contributed by atoms with van der Waals surface area (Å²) in [4.78, 5) is 4.27. The summed E-state index contributed by atoms with van der Waals surface area (Å²) in [6, 6.07) is 0. The number of fused-ring (bicyclic) bond motifs is 1. The van der Waals surface area contributed by atoms with Gasteiger partial charge >= 0.3 is 0 Å². The Labute approximate surface area is 67.5 Å². The molecule has 0 aromatic carbocycles. The highest BCUT2D eigenvalue weighted by atomic mass is 14.7. The summed E-state index contributed by atoms with van der Waals surface area (Å²) >= 11 is 0. The van der Waals surface area contributed by atoms with Crippen LogP contribution in [0.25, 0.3) is 0 Å². The third-order valence-corrected chi connectivity index (χ3v) is 2.45. The Hall–Kier alpha value is -0.850. The molecule has 0 aromatic rings. The summed E-state index contributed by atoms with van der Waals surface area (Å²) in [6.07, 6.45) is 10.4. The van der Waals surface area contributed by atoms with Crippen LogP contribution in [0.4, 0.5) is 0 Å². The second-order valence-electron chi connectivity index (χ2n) is 3.33. The average Bonchev–Trinajstić information content (AvgIpc) is 2.31. The largest absolute Gasteiger partial charge is 0.262 e. The summed E-state index contributed by atoms with van der Waals surface area (Å²) in [5, 5.41) is 0. The van der Waals surface area contributed by atoms with E-state index in [1.165, 1.54) is 19.3 Å². The van der Waals surface area contributed by atoms with Gasteiger partial charge in [-0.15, -0.1) is 0 Å². The lowest BCUT2D eigenvalue weighted by molar-refractivity contribution is 0.765. The molecule has 11 heavy (non-hydrogen) atoms. The van der Waals surface area contributed by atoms with Crippen LogP contribution in [0.15, 0.2) is 28.9 Å². The van der Waals surface area contributed by atoms with Gasteiger partial charge in [-0.3, -0.25) is 4.99 Å². The summed E-state index contributed by atoms with van der Waals surface area (Å²) in [6.45, 7) is 2.07. The summed E-state index contributed by atoms with van der Waals surface area (Å²) in [7, 11) is 0. The molecule has 1 heterocycles. The molecule has 1 saturated carbocycles. The lowest BCUT2D eigenvalue weighted by Gasteiger charge is -2.02. The molecule has 1 fully saturated rings. The summed E-state index contributed by atoms with van der Waals surface area (Å²) in [5.41, 5.74) is 2.74. The fourth-order valence-electron chi connectivity index (χ4n) is 1.87. The maximum absolute atomic E-state index is 4.27. The number of hydrogen-bond donors (Lipinski definition) is 0. The standard InChI is InChI=1S/C10H13N/c1-8-7-10-4-2-3-9(10)5-6-11-8/h5-7,9H,2-4H2,1H3. The Kier molecular flexibility index (Phi) is 1.65. The van der Waals surface area contributed by atoms with Crippen molar-refractivity contribution in [3.63, 3.8) is 0 Å². The number of allylic oxidation sites excluding steroid dienone is 3. The SMILES string of the molecule is CC1=NC=CC2CCCC2=C1. The highest BCUT2D eigenvalue weighted by molar-refractivity contribution is 5.94. The van der Waals surface area contributed by atoms with Gasteiger partial charge in [0.05, 0.1) is 0 Å². The molecule has 2 aliphatic rings.